The summed E-state index contributed by atoms with van der Waals surface area (Å²) in [5.74, 6) is -0.682. The molecule has 0 amide bonds. The number of aliphatic hydroxyl groups is 1. The van der Waals surface area contributed by atoms with Gasteiger partial charge >= 0.3 is 5.97 Å². The summed E-state index contributed by atoms with van der Waals surface area (Å²) in [5.41, 5.74) is -1.13. The molecule has 0 bridgehead atoms. The van der Waals surface area contributed by atoms with Crippen molar-refractivity contribution < 1.29 is 14.6 Å². The molecule has 13 heavy (non-hydrogen) atoms. The number of nitrogens with zero attached hydrogens (tertiary/aromatic N) is 1. The van der Waals surface area contributed by atoms with E-state index in [9.17, 15) is 9.90 Å². The number of carbonyl (C=O) groups is 1. The van der Waals surface area contributed by atoms with Gasteiger partial charge in [0.05, 0.1) is 7.11 Å². The lowest BCUT2D eigenvalue weighted by molar-refractivity contribution is -0.161. The fourth-order valence-corrected chi connectivity index (χ4v) is 0.993. The van der Waals surface area contributed by atoms with Crippen LogP contribution in [0.5, 0.6) is 0 Å². The first-order valence-electron chi connectivity index (χ1n) is 3.80. The Bertz CT molecular complexity index is 295. The highest BCUT2D eigenvalue weighted by Gasteiger charge is 2.33. The number of esters is 1. The van der Waals surface area contributed by atoms with Gasteiger partial charge in [-0.3, -0.25) is 4.98 Å². The van der Waals surface area contributed by atoms with E-state index in [4.69, 9.17) is 0 Å². The Morgan fingerprint density at radius 1 is 1.54 bits per heavy atom. The molecule has 0 aliphatic carbocycles. The Morgan fingerprint density at radius 2 is 2.08 bits per heavy atom. The van der Waals surface area contributed by atoms with Crippen molar-refractivity contribution in [2.45, 2.75) is 12.5 Å². The third kappa shape index (κ3) is 1.84. The fourth-order valence-electron chi connectivity index (χ4n) is 0.993. The van der Waals surface area contributed by atoms with Crippen molar-refractivity contribution in [1.82, 2.24) is 4.98 Å². The second-order valence-corrected chi connectivity index (χ2v) is 2.80. The SMILES string of the molecule is COC(=O)C(C)(O)c1ccncc1. The zero-order chi connectivity index (χ0) is 9.90. The van der Waals surface area contributed by atoms with E-state index < -0.39 is 11.6 Å². The molecule has 4 nitrogen and oxygen atoms in total. The number of aromatic nitrogens is 1. The molecule has 0 saturated carbocycles. The number of rotatable bonds is 2. The van der Waals surface area contributed by atoms with Crippen molar-refractivity contribution in [3.63, 3.8) is 0 Å². The van der Waals surface area contributed by atoms with Crippen LogP contribution in [-0.2, 0) is 15.1 Å². The molecular formula is C9H11NO3. The van der Waals surface area contributed by atoms with E-state index in [0.29, 0.717) is 5.56 Å². The van der Waals surface area contributed by atoms with Gasteiger partial charge in [0.1, 0.15) is 0 Å². The van der Waals surface area contributed by atoms with Crippen LogP contribution in [0.3, 0.4) is 0 Å². The molecular weight excluding hydrogens is 170 g/mol. The first kappa shape index (κ1) is 9.67. The van der Waals surface area contributed by atoms with Crippen LogP contribution in [0, 0.1) is 0 Å². The number of hydrogen-bond donors (Lipinski definition) is 1. The van der Waals surface area contributed by atoms with Crippen LogP contribution in [0.1, 0.15) is 12.5 Å². The van der Waals surface area contributed by atoms with Gasteiger partial charge in [-0.15, -0.1) is 0 Å². The predicted molar refractivity (Wildman–Crippen MR) is 45.8 cm³/mol. The molecule has 1 unspecified atom stereocenters. The lowest BCUT2D eigenvalue weighted by Gasteiger charge is -2.19. The van der Waals surface area contributed by atoms with Gasteiger partial charge in [0.25, 0.3) is 0 Å². The van der Waals surface area contributed by atoms with Crippen LogP contribution in [0.15, 0.2) is 24.5 Å². The summed E-state index contributed by atoms with van der Waals surface area (Å²) in [7, 11) is 1.23. The number of carbonyl (C=O) groups excluding carboxylic acids is 1. The minimum absolute atomic E-state index is 0.467. The Hall–Kier alpha value is -1.42. The maximum atomic E-state index is 11.1. The molecule has 0 radical (unpaired) electrons. The first-order valence-corrected chi connectivity index (χ1v) is 3.80. The summed E-state index contributed by atoms with van der Waals surface area (Å²) >= 11 is 0. The maximum absolute atomic E-state index is 11.1. The minimum atomic E-state index is -1.60. The number of ether oxygens (including phenoxy) is 1. The molecule has 0 fully saturated rings. The average Bonchev–Trinajstić information content (AvgIpc) is 2.18. The lowest BCUT2D eigenvalue weighted by Crippen LogP contribution is -2.33. The molecule has 1 atom stereocenters. The first-order chi connectivity index (χ1) is 6.09. The molecule has 0 aliphatic heterocycles. The smallest absolute Gasteiger partial charge is 0.342 e. The van der Waals surface area contributed by atoms with Crippen molar-refractivity contribution in [2.75, 3.05) is 7.11 Å². The van der Waals surface area contributed by atoms with Crippen molar-refractivity contribution in [1.29, 1.82) is 0 Å². The van der Waals surface area contributed by atoms with Gasteiger partial charge in [-0.25, -0.2) is 4.79 Å². The Morgan fingerprint density at radius 3 is 2.54 bits per heavy atom. The van der Waals surface area contributed by atoms with E-state index in [1.54, 1.807) is 12.1 Å². The van der Waals surface area contributed by atoms with Gasteiger partial charge in [0.2, 0.25) is 0 Å². The van der Waals surface area contributed by atoms with Crippen LogP contribution >= 0.6 is 0 Å². The molecule has 1 N–H and O–H groups in total. The number of pyridine rings is 1. The minimum Gasteiger partial charge on any atom is -0.467 e. The summed E-state index contributed by atoms with van der Waals surface area (Å²) < 4.78 is 4.46. The normalized spacial score (nSPS) is 14.7. The van der Waals surface area contributed by atoms with Crippen molar-refractivity contribution in [2.24, 2.45) is 0 Å². The number of methoxy groups -OCH3 is 1. The third-order valence-corrected chi connectivity index (χ3v) is 1.83. The van der Waals surface area contributed by atoms with E-state index in [2.05, 4.69) is 9.72 Å². The van der Waals surface area contributed by atoms with E-state index >= 15 is 0 Å². The maximum Gasteiger partial charge on any atom is 0.342 e. The molecule has 4 heteroatoms. The summed E-state index contributed by atoms with van der Waals surface area (Å²) in [6.07, 6.45) is 3.01. The highest BCUT2D eigenvalue weighted by molar-refractivity contribution is 5.80. The summed E-state index contributed by atoms with van der Waals surface area (Å²) in [5, 5.41) is 9.75. The van der Waals surface area contributed by atoms with E-state index in [1.165, 1.54) is 26.4 Å². The van der Waals surface area contributed by atoms with E-state index in [0.717, 1.165) is 0 Å². The quantitative estimate of drug-likeness (QED) is 0.673. The van der Waals surface area contributed by atoms with Gasteiger partial charge in [0.15, 0.2) is 5.60 Å². The monoisotopic (exact) mass is 181 g/mol. The standard InChI is InChI=1S/C9H11NO3/c1-9(12,8(11)13-2)7-3-5-10-6-4-7/h3-6,12H,1-2H3. The molecule has 0 saturated heterocycles. The molecule has 1 aromatic rings. The average molecular weight is 181 g/mol. The largest absolute Gasteiger partial charge is 0.467 e. The number of hydrogen-bond acceptors (Lipinski definition) is 4. The van der Waals surface area contributed by atoms with Crippen molar-refractivity contribution >= 4 is 5.97 Å². The lowest BCUT2D eigenvalue weighted by atomic mass is 9.98. The molecule has 0 spiro atoms. The molecule has 0 aliphatic rings. The second-order valence-electron chi connectivity index (χ2n) is 2.80. The molecule has 1 heterocycles. The highest BCUT2D eigenvalue weighted by Crippen LogP contribution is 2.20. The highest BCUT2D eigenvalue weighted by atomic mass is 16.5. The van der Waals surface area contributed by atoms with Gasteiger partial charge in [-0.2, -0.15) is 0 Å². The fraction of sp³-hybridized carbons (Fsp3) is 0.333. The van der Waals surface area contributed by atoms with Crippen LogP contribution in [-0.4, -0.2) is 23.2 Å². The van der Waals surface area contributed by atoms with Crippen LogP contribution < -0.4 is 0 Å². The second kappa shape index (κ2) is 3.53. The molecule has 0 aromatic carbocycles. The van der Waals surface area contributed by atoms with Crippen molar-refractivity contribution in [3.8, 4) is 0 Å². The van der Waals surface area contributed by atoms with Gasteiger partial charge < -0.3 is 9.84 Å². The summed E-state index contributed by atoms with van der Waals surface area (Å²) in [4.78, 5) is 14.9. The molecule has 1 rings (SSSR count). The molecule has 70 valence electrons. The van der Waals surface area contributed by atoms with Crippen LogP contribution in [0.2, 0.25) is 0 Å². The zero-order valence-electron chi connectivity index (χ0n) is 7.52. The Labute approximate surface area is 76.2 Å². The Balaban J connectivity index is 3.00. The van der Waals surface area contributed by atoms with Crippen molar-refractivity contribution in [3.05, 3.63) is 30.1 Å². The van der Waals surface area contributed by atoms with Gasteiger partial charge in [0, 0.05) is 12.4 Å². The van der Waals surface area contributed by atoms with Crippen LogP contribution in [0.4, 0.5) is 0 Å². The third-order valence-electron chi connectivity index (χ3n) is 1.83. The van der Waals surface area contributed by atoms with Gasteiger partial charge in [-0.1, -0.05) is 0 Å². The van der Waals surface area contributed by atoms with E-state index in [1.807, 2.05) is 0 Å². The predicted octanol–water partition coefficient (Wildman–Crippen LogP) is 0.462. The zero-order valence-corrected chi connectivity index (χ0v) is 7.52. The molecule has 1 aromatic heterocycles. The summed E-state index contributed by atoms with van der Waals surface area (Å²) in [6, 6.07) is 3.13. The van der Waals surface area contributed by atoms with E-state index in [-0.39, 0.29) is 0 Å². The van der Waals surface area contributed by atoms with Crippen LogP contribution in [0.25, 0.3) is 0 Å². The summed E-state index contributed by atoms with van der Waals surface area (Å²) in [6.45, 7) is 1.38. The topological polar surface area (TPSA) is 59.4 Å². The van der Waals surface area contributed by atoms with Gasteiger partial charge in [-0.05, 0) is 24.6 Å². The Kier molecular flexibility index (Phi) is 2.63.